The van der Waals surface area contributed by atoms with Gasteiger partial charge < -0.3 is 0 Å². The van der Waals surface area contributed by atoms with Gasteiger partial charge in [-0.05, 0) is 49.6 Å². The molecule has 1 aliphatic rings. The van der Waals surface area contributed by atoms with Gasteiger partial charge in [-0.25, -0.2) is 4.68 Å². The molecule has 17 heavy (non-hydrogen) atoms. The molecule has 0 unspecified atom stereocenters. The van der Waals surface area contributed by atoms with Gasteiger partial charge in [-0.3, -0.25) is 0 Å². The molecule has 0 atom stereocenters. The minimum absolute atomic E-state index is 0.629. The summed E-state index contributed by atoms with van der Waals surface area (Å²) in [5.41, 5.74) is 3.33. The molecular weight excluding hydrogens is 300 g/mol. The molecule has 0 N–H and O–H groups in total. The lowest BCUT2D eigenvalue weighted by Gasteiger charge is -2.07. The molecule has 0 aliphatic heterocycles. The fraction of sp³-hybridized carbons (Fsp3) is 0.308. The summed E-state index contributed by atoms with van der Waals surface area (Å²) in [5.74, 6) is 0.629. The Hall–Kier alpha value is -0.800. The molecule has 3 rings (SSSR count). The smallest absolute Gasteiger partial charge is 0.133 e. The fourth-order valence-corrected chi connectivity index (χ4v) is 2.70. The fourth-order valence-electron chi connectivity index (χ4n) is 1.98. The van der Waals surface area contributed by atoms with Crippen LogP contribution in [-0.4, -0.2) is 9.78 Å². The van der Waals surface area contributed by atoms with Crippen LogP contribution in [0.25, 0.3) is 5.69 Å². The van der Waals surface area contributed by atoms with Gasteiger partial charge in [0.2, 0.25) is 0 Å². The third kappa shape index (κ3) is 2.14. The lowest BCUT2D eigenvalue weighted by atomic mass is 10.2. The molecule has 0 spiro atoms. The lowest BCUT2D eigenvalue weighted by Crippen LogP contribution is -1.99. The van der Waals surface area contributed by atoms with E-state index in [1.165, 1.54) is 12.8 Å². The number of rotatable bonds is 2. The van der Waals surface area contributed by atoms with Crippen molar-refractivity contribution >= 4 is 27.5 Å². The molecule has 2 nitrogen and oxygen atoms in total. The van der Waals surface area contributed by atoms with Crippen molar-refractivity contribution in [2.24, 2.45) is 0 Å². The summed E-state index contributed by atoms with van der Waals surface area (Å²) < 4.78 is 2.90. The van der Waals surface area contributed by atoms with E-state index < -0.39 is 0 Å². The Bertz CT molecular complexity index is 573. The van der Waals surface area contributed by atoms with Gasteiger partial charge >= 0.3 is 0 Å². The Morgan fingerprint density at radius 2 is 2.12 bits per heavy atom. The molecule has 4 heteroatoms. The second kappa shape index (κ2) is 4.14. The highest BCUT2D eigenvalue weighted by Crippen LogP contribution is 2.40. The lowest BCUT2D eigenvalue weighted by molar-refractivity contribution is 0.832. The Kier molecular flexibility index (Phi) is 2.75. The molecule has 1 saturated carbocycles. The molecule has 1 aromatic heterocycles. The van der Waals surface area contributed by atoms with Gasteiger partial charge in [0, 0.05) is 10.4 Å². The molecule has 0 amide bonds. The number of hydrogen-bond acceptors (Lipinski definition) is 1. The molecule has 1 aromatic carbocycles. The van der Waals surface area contributed by atoms with Gasteiger partial charge in [0.05, 0.1) is 11.4 Å². The number of benzene rings is 1. The zero-order valence-corrected chi connectivity index (χ0v) is 11.8. The van der Waals surface area contributed by atoms with Crippen LogP contribution in [0, 0.1) is 6.92 Å². The Morgan fingerprint density at radius 1 is 1.35 bits per heavy atom. The van der Waals surface area contributed by atoms with E-state index in [4.69, 9.17) is 11.6 Å². The predicted molar refractivity (Wildman–Crippen MR) is 73.0 cm³/mol. The largest absolute Gasteiger partial charge is 0.222 e. The van der Waals surface area contributed by atoms with E-state index in [2.05, 4.69) is 34.0 Å². The van der Waals surface area contributed by atoms with E-state index in [9.17, 15) is 0 Å². The molecule has 1 heterocycles. The van der Waals surface area contributed by atoms with E-state index >= 15 is 0 Å². The van der Waals surface area contributed by atoms with E-state index in [1.54, 1.807) is 0 Å². The van der Waals surface area contributed by atoms with Crippen molar-refractivity contribution in [1.29, 1.82) is 0 Å². The summed E-state index contributed by atoms with van der Waals surface area (Å²) >= 11 is 9.71. The third-order valence-electron chi connectivity index (χ3n) is 3.07. The van der Waals surface area contributed by atoms with Gasteiger partial charge in [-0.2, -0.15) is 5.10 Å². The molecular formula is C13H12BrClN2. The maximum Gasteiger partial charge on any atom is 0.133 e. The van der Waals surface area contributed by atoms with Crippen molar-refractivity contribution in [2.75, 3.05) is 0 Å². The topological polar surface area (TPSA) is 17.8 Å². The first-order chi connectivity index (χ1) is 8.15. The summed E-state index contributed by atoms with van der Waals surface area (Å²) in [7, 11) is 0. The number of aryl methyl sites for hydroxylation is 1. The molecule has 88 valence electrons. The normalized spacial score (nSPS) is 15.2. The maximum atomic E-state index is 6.25. The monoisotopic (exact) mass is 310 g/mol. The van der Waals surface area contributed by atoms with Crippen molar-refractivity contribution < 1.29 is 0 Å². The van der Waals surface area contributed by atoms with Crippen molar-refractivity contribution in [2.45, 2.75) is 25.7 Å². The minimum atomic E-state index is 0.629. The van der Waals surface area contributed by atoms with Gasteiger partial charge in [0.15, 0.2) is 0 Å². The van der Waals surface area contributed by atoms with Crippen LogP contribution in [0.2, 0.25) is 5.15 Å². The molecule has 0 bridgehead atoms. The molecule has 2 aromatic rings. The highest BCUT2D eigenvalue weighted by atomic mass is 79.9. The molecule has 1 aliphatic carbocycles. The van der Waals surface area contributed by atoms with Crippen LogP contribution in [0.5, 0.6) is 0 Å². The summed E-state index contributed by atoms with van der Waals surface area (Å²) in [5, 5.41) is 5.29. The van der Waals surface area contributed by atoms with Crippen LogP contribution in [0.1, 0.15) is 30.0 Å². The second-order valence-corrected chi connectivity index (χ2v) is 5.81. The molecule has 1 fully saturated rings. The first-order valence-corrected chi connectivity index (χ1v) is 6.84. The summed E-state index contributed by atoms with van der Waals surface area (Å²) in [4.78, 5) is 0. The van der Waals surface area contributed by atoms with Gasteiger partial charge in [-0.15, -0.1) is 0 Å². The Labute approximate surface area is 114 Å². The highest BCUT2D eigenvalue weighted by Gasteiger charge is 2.27. The SMILES string of the molecule is Cc1cc(Br)ccc1-n1nc(C2CC2)cc1Cl. The number of aromatic nitrogens is 2. The molecule has 0 radical (unpaired) electrons. The van der Waals surface area contributed by atoms with Crippen LogP contribution in [-0.2, 0) is 0 Å². The molecule has 0 saturated heterocycles. The summed E-state index contributed by atoms with van der Waals surface area (Å²) in [6, 6.07) is 8.11. The number of hydrogen-bond donors (Lipinski definition) is 0. The quantitative estimate of drug-likeness (QED) is 0.800. The van der Waals surface area contributed by atoms with E-state index in [-0.39, 0.29) is 0 Å². The minimum Gasteiger partial charge on any atom is -0.222 e. The van der Waals surface area contributed by atoms with Gasteiger partial charge in [0.1, 0.15) is 5.15 Å². The zero-order valence-electron chi connectivity index (χ0n) is 9.45. The Balaban J connectivity index is 2.07. The third-order valence-corrected chi connectivity index (χ3v) is 3.83. The zero-order chi connectivity index (χ0) is 12.0. The first kappa shape index (κ1) is 11.3. The second-order valence-electron chi connectivity index (χ2n) is 4.51. The summed E-state index contributed by atoms with van der Waals surface area (Å²) in [6.45, 7) is 2.06. The summed E-state index contributed by atoms with van der Waals surface area (Å²) in [6.07, 6.45) is 2.49. The van der Waals surface area contributed by atoms with Crippen molar-refractivity contribution in [3.8, 4) is 5.69 Å². The van der Waals surface area contributed by atoms with Crippen LogP contribution in [0.3, 0.4) is 0 Å². The van der Waals surface area contributed by atoms with Crippen molar-refractivity contribution in [3.63, 3.8) is 0 Å². The predicted octanol–water partition coefficient (Wildman–Crippen LogP) is 4.47. The van der Waals surface area contributed by atoms with Crippen LogP contribution in [0.4, 0.5) is 0 Å². The average molecular weight is 312 g/mol. The van der Waals surface area contributed by atoms with E-state index in [0.717, 1.165) is 21.4 Å². The highest BCUT2D eigenvalue weighted by molar-refractivity contribution is 9.10. The number of halogens is 2. The number of nitrogens with zero attached hydrogens (tertiary/aromatic N) is 2. The van der Waals surface area contributed by atoms with Crippen LogP contribution in [0.15, 0.2) is 28.7 Å². The van der Waals surface area contributed by atoms with Crippen LogP contribution >= 0.6 is 27.5 Å². The van der Waals surface area contributed by atoms with Crippen molar-refractivity contribution in [1.82, 2.24) is 9.78 Å². The van der Waals surface area contributed by atoms with Crippen LogP contribution < -0.4 is 0 Å². The Morgan fingerprint density at radius 3 is 2.76 bits per heavy atom. The van der Waals surface area contributed by atoms with E-state index in [1.807, 2.05) is 22.9 Å². The average Bonchev–Trinajstić information content (AvgIpc) is 3.04. The van der Waals surface area contributed by atoms with Gasteiger partial charge in [-0.1, -0.05) is 27.5 Å². The standard InChI is InChI=1S/C13H12BrClN2/c1-8-6-10(14)4-5-12(8)17-13(15)7-11(16-17)9-2-3-9/h4-7,9H,2-3H2,1H3. The van der Waals surface area contributed by atoms with Crippen molar-refractivity contribution in [3.05, 3.63) is 45.1 Å². The van der Waals surface area contributed by atoms with Gasteiger partial charge in [0.25, 0.3) is 0 Å². The van der Waals surface area contributed by atoms with E-state index in [0.29, 0.717) is 11.1 Å². The maximum absolute atomic E-state index is 6.25. The first-order valence-electron chi connectivity index (χ1n) is 5.67.